The minimum atomic E-state index is -3.29. The molecule has 0 aliphatic heterocycles. The second kappa shape index (κ2) is 3.71. The molecule has 1 rings (SSSR count). The van der Waals surface area contributed by atoms with Gasteiger partial charge in [0, 0.05) is 22.9 Å². The molecule has 66 valence electrons. The van der Waals surface area contributed by atoms with Crippen LogP contribution in [0, 0.1) is 6.92 Å². The Balaban J connectivity index is 3.30. The molecule has 0 aliphatic rings. The Labute approximate surface area is 85.7 Å². The van der Waals surface area contributed by atoms with Gasteiger partial charge in [-0.25, -0.2) is 8.42 Å². The van der Waals surface area contributed by atoms with Gasteiger partial charge in [0.1, 0.15) is 0 Å². The molecule has 3 nitrogen and oxygen atoms in total. The molecule has 5 heteroatoms. The smallest absolute Gasteiger partial charge is 0.206 e. The maximum atomic E-state index is 11.3. The van der Waals surface area contributed by atoms with Crippen molar-refractivity contribution in [3.05, 3.63) is 29.8 Å². The fraction of sp³-hybridized carbons (Fsp3) is 0.143. The summed E-state index contributed by atoms with van der Waals surface area (Å²) in [6, 6.07) is 6.85. The van der Waals surface area contributed by atoms with E-state index in [2.05, 4.69) is 2.94 Å². The van der Waals surface area contributed by atoms with Crippen LogP contribution in [0.1, 0.15) is 5.56 Å². The summed E-state index contributed by atoms with van der Waals surface area (Å²) in [6.45, 7) is 1.76. The lowest BCUT2D eigenvalue weighted by atomic mass is 10.2. The zero-order valence-corrected chi connectivity index (χ0v) is 9.39. The quantitative estimate of drug-likeness (QED) is 0.666. The molecule has 0 saturated carbocycles. The van der Waals surface area contributed by atoms with Crippen molar-refractivity contribution in [3.63, 3.8) is 0 Å². The fourth-order valence-corrected chi connectivity index (χ4v) is 2.44. The minimum Gasteiger partial charge on any atom is -0.206 e. The van der Waals surface area contributed by atoms with E-state index < -0.39 is 10.0 Å². The van der Waals surface area contributed by atoms with Gasteiger partial charge in [0.05, 0.1) is 4.90 Å². The number of hydrogen-bond acceptors (Lipinski definition) is 2. The Morgan fingerprint density at radius 3 is 2.42 bits per heavy atom. The summed E-state index contributed by atoms with van der Waals surface area (Å²) in [6.07, 6.45) is 0. The highest BCUT2D eigenvalue weighted by atomic mass is 127. The summed E-state index contributed by atoms with van der Waals surface area (Å²) in [5, 5.41) is 0. The first kappa shape index (κ1) is 9.94. The molecule has 0 bridgehead atoms. The summed E-state index contributed by atoms with van der Waals surface area (Å²) in [5.41, 5.74) is 0.752. The summed E-state index contributed by atoms with van der Waals surface area (Å²) >= 11 is 1.61. The number of benzene rings is 1. The molecule has 0 atom stereocenters. The van der Waals surface area contributed by atoms with Crippen LogP contribution in [0.15, 0.2) is 29.2 Å². The molecular weight excluding hydrogens is 289 g/mol. The molecule has 0 aliphatic carbocycles. The number of aryl methyl sites for hydroxylation is 1. The van der Waals surface area contributed by atoms with Crippen LogP contribution >= 0.6 is 22.9 Å². The number of sulfonamides is 1. The van der Waals surface area contributed by atoms with Gasteiger partial charge in [-0.1, -0.05) is 18.2 Å². The van der Waals surface area contributed by atoms with Crippen molar-refractivity contribution in [2.75, 3.05) is 0 Å². The summed E-state index contributed by atoms with van der Waals surface area (Å²) in [5.74, 6) is 0. The van der Waals surface area contributed by atoms with Gasteiger partial charge in [0.2, 0.25) is 10.0 Å². The molecule has 1 aromatic carbocycles. The molecule has 12 heavy (non-hydrogen) atoms. The van der Waals surface area contributed by atoms with E-state index in [0.29, 0.717) is 4.90 Å². The van der Waals surface area contributed by atoms with Crippen molar-refractivity contribution in [2.24, 2.45) is 0 Å². The van der Waals surface area contributed by atoms with Crippen molar-refractivity contribution in [1.82, 2.24) is 2.94 Å². The highest BCUT2D eigenvalue weighted by Gasteiger charge is 2.13. The van der Waals surface area contributed by atoms with Gasteiger partial charge in [-0.2, -0.15) is 2.94 Å². The summed E-state index contributed by atoms with van der Waals surface area (Å²) in [7, 11) is -3.29. The molecule has 0 fully saturated rings. The van der Waals surface area contributed by atoms with E-state index in [0.717, 1.165) is 5.56 Å². The van der Waals surface area contributed by atoms with Gasteiger partial charge in [-0.3, -0.25) is 0 Å². The molecular formula is C7H8INO2S. The van der Waals surface area contributed by atoms with Gasteiger partial charge in [-0.05, 0) is 18.6 Å². The van der Waals surface area contributed by atoms with Crippen LogP contribution in [0.25, 0.3) is 0 Å². The Bertz CT molecular complexity index is 375. The van der Waals surface area contributed by atoms with Crippen molar-refractivity contribution in [1.29, 1.82) is 0 Å². The average molecular weight is 297 g/mol. The lowest BCUT2D eigenvalue weighted by molar-refractivity contribution is 0.595. The maximum absolute atomic E-state index is 11.3. The third-order valence-electron chi connectivity index (χ3n) is 1.48. The van der Waals surface area contributed by atoms with Gasteiger partial charge in [0.25, 0.3) is 0 Å². The van der Waals surface area contributed by atoms with Gasteiger partial charge in [0.15, 0.2) is 0 Å². The van der Waals surface area contributed by atoms with Crippen molar-refractivity contribution < 1.29 is 8.42 Å². The van der Waals surface area contributed by atoms with Crippen LogP contribution < -0.4 is 2.94 Å². The lowest BCUT2D eigenvalue weighted by Gasteiger charge is -2.03. The van der Waals surface area contributed by atoms with Crippen molar-refractivity contribution in [2.45, 2.75) is 11.8 Å². The first-order chi connectivity index (χ1) is 5.58. The second-order valence-electron chi connectivity index (χ2n) is 2.35. The van der Waals surface area contributed by atoms with E-state index in [-0.39, 0.29) is 0 Å². The highest BCUT2D eigenvalue weighted by molar-refractivity contribution is 14.1. The van der Waals surface area contributed by atoms with Gasteiger partial charge < -0.3 is 0 Å². The zero-order chi connectivity index (χ0) is 9.19. The van der Waals surface area contributed by atoms with Crippen LogP contribution in [0.4, 0.5) is 0 Å². The van der Waals surface area contributed by atoms with Crippen LogP contribution in [-0.4, -0.2) is 8.42 Å². The number of halogens is 1. The van der Waals surface area contributed by atoms with E-state index in [9.17, 15) is 8.42 Å². The minimum absolute atomic E-state index is 0.333. The molecule has 0 saturated heterocycles. The van der Waals surface area contributed by atoms with E-state index in [4.69, 9.17) is 0 Å². The molecule has 0 amide bonds. The monoisotopic (exact) mass is 297 g/mol. The molecule has 0 spiro atoms. The molecule has 0 aromatic heterocycles. The summed E-state index contributed by atoms with van der Waals surface area (Å²) < 4.78 is 24.8. The van der Waals surface area contributed by atoms with Crippen molar-refractivity contribution >= 4 is 32.9 Å². The SMILES string of the molecule is Cc1ccccc1S(=O)(=O)NI. The number of nitrogens with one attached hydrogen (secondary N) is 1. The predicted octanol–water partition coefficient (Wildman–Crippen LogP) is 1.62. The Kier molecular flexibility index (Phi) is 3.08. The van der Waals surface area contributed by atoms with E-state index in [1.165, 1.54) is 0 Å². The maximum Gasteiger partial charge on any atom is 0.249 e. The Morgan fingerprint density at radius 2 is 1.92 bits per heavy atom. The normalized spacial score (nSPS) is 11.5. The largest absolute Gasteiger partial charge is 0.249 e. The third kappa shape index (κ3) is 1.96. The second-order valence-corrected chi connectivity index (χ2v) is 5.27. The van der Waals surface area contributed by atoms with Crippen LogP contribution in [0.2, 0.25) is 0 Å². The molecule has 0 radical (unpaired) electrons. The zero-order valence-electron chi connectivity index (χ0n) is 6.41. The van der Waals surface area contributed by atoms with Crippen LogP contribution in [0.3, 0.4) is 0 Å². The first-order valence-electron chi connectivity index (χ1n) is 3.26. The first-order valence-corrected chi connectivity index (χ1v) is 5.82. The van der Waals surface area contributed by atoms with E-state index in [1.54, 1.807) is 48.0 Å². The number of hydrogen-bond donors (Lipinski definition) is 1. The van der Waals surface area contributed by atoms with Crippen LogP contribution in [-0.2, 0) is 10.0 Å². The molecule has 0 heterocycles. The third-order valence-corrected chi connectivity index (χ3v) is 4.46. The standard InChI is InChI=1S/C7H8INO2S/c1-6-4-2-3-5-7(6)12(10,11)9-8/h2-5,9H,1H3. The summed E-state index contributed by atoms with van der Waals surface area (Å²) in [4.78, 5) is 0.333. The van der Waals surface area contributed by atoms with E-state index in [1.807, 2.05) is 6.07 Å². The highest BCUT2D eigenvalue weighted by Crippen LogP contribution is 2.13. The molecule has 1 aromatic rings. The predicted molar refractivity (Wildman–Crippen MR) is 55.5 cm³/mol. The Morgan fingerprint density at radius 1 is 1.33 bits per heavy atom. The Hall–Kier alpha value is -0.140. The lowest BCUT2D eigenvalue weighted by Crippen LogP contribution is -2.13. The van der Waals surface area contributed by atoms with Gasteiger partial charge >= 0.3 is 0 Å². The fourth-order valence-electron chi connectivity index (χ4n) is 0.899. The molecule has 1 N–H and O–H groups in total. The molecule has 0 unspecified atom stereocenters. The number of rotatable bonds is 2. The van der Waals surface area contributed by atoms with E-state index >= 15 is 0 Å². The van der Waals surface area contributed by atoms with Gasteiger partial charge in [-0.15, -0.1) is 0 Å². The van der Waals surface area contributed by atoms with Crippen molar-refractivity contribution in [3.8, 4) is 0 Å². The van der Waals surface area contributed by atoms with Crippen LogP contribution in [0.5, 0.6) is 0 Å². The topological polar surface area (TPSA) is 46.2 Å². The average Bonchev–Trinajstić information content (AvgIpc) is 2.05.